The lowest BCUT2D eigenvalue weighted by Gasteiger charge is -2.46. The normalized spacial score (nSPS) is 19.2. The second-order valence-corrected chi connectivity index (χ2v) is 5.07. The fourth-order valence-corrected chi connectivity index (χ4v) is 2.23. The lowest BCUT2D eigenvalue weighted by atomic mass is 9.90. The van der Waals surface area contributed by atoms with Crippen molar-refractivity contribution in [1.82, 2.24) is 4.90 Å². The van der Waals surface area contributed by atoms with E-state index in [1.54, 1.807) is 4.90 Å². The first kappa shape index (κ1) is 13.1. The van der Waals surface area contributed by atoms with Gasteiger partial charge in [0.25, 0.3) is 0 Å². The highest BCUT2D eigenvalue weighted by Gasteiger charge is 2.43. The molecule has 3 N–H and O–H groups in total. The van der Waals surface area contributed by atoms with E-state index in [1.165, 1.54) is 0 Å². The number of nitrogens with two attached hydrogens (primary N) is 1. The highest BCUT2D eigenvalue weighted by molar-refractivity contribution is 5.83. The number of β-amino-alcohol motifs (C(OH)–C–C–N with tert-alkyl or cyclic N) is 1. The number of likely N-dealkylation sites (tertiary alicyclic amines) is 1. The van der Waals surface area contributed by atoms with Crippen LogP contribution in [0.4, 0.5) is 0 Å². The van der Waals surface area contributed by atoms with E-state index < -0.39 is 11.6 Å². The predicted molar refractivity (Wildman–Crippen MR) is 69.9 cm³/mol. The summed E-state index contributed by atoms with van der Waals surface area (Å²) in [6, 6.07) is 9.22. The summed E-state index contributed by atoms with van der Waals surface area (Å²) in [6.45, 7) is 2.74. The Labute approximate surface area is 107 Å². The van der Waals surface area contributed by atoms with Crippen molar-refractivity contribution in [3.8, 4) is 0 Å². The summed E-state index contributed by atoms with van der Waals surface area (Å²) in [4.78, 5) is 13.7. The van der Waals surface area contributed by atoms with Crippen LogP contribution in [0, 0.1) is 0 Å². The highest BCUT2D eigenvalue weighted by Crippen LogP contribution is 2.24. The molecule has 98 valence electrons. The van der Waals surface area contributed by atoms with E-state index in [9.17, 15) is 9.90 Å². The number of carbonyl (C=O) groups excluding carboxylic acids is 1. The van der Waals surface area contributed by atoms with Gasteiger partial charge in [-0.2, -0.15) is 0 Å². The van der Waals surface area contributed by atoms with Crippen molar-refractivity contribution in [2.45, 2.75) is 31.4 Å². The third-order valence-electron chi connectivity index (χ3n) is 3.56. The van der Waals surface area contributed by atoms with Crippen molar-refractivity contribution < 1.29 is 9.90 Å². The van der Waals surface area contributed by atoms with Crippen LogP contribution in [-0.2, 0) is 11.2 Å². The molecule has 1 aromatic rings. The van der Waals surface area contributed by atoms with Gasteiger partial charge in [-0.3, -0.25) is 4.79 Å². The Bertz CT molecular complexity index is 413. The number of nitrogens with zero attached hydrogens (tertiary/aromatic N) is 1. The van der Waals surface area contributed by atoms with Gasteiger partial charge in [0.05, 0.1) is 24.7 Å². The molecule has 0 aliphatic carbocycles. The number of hydrogen-bond acceptors (Lipinski definition) is 3. The second kappa shape index (κ2) is 5.08. The smallest absolute Gasteiger partial charge is 0.240 e. The summed E-state index contributed by atoms with van der Waals surface area (Å²) in [5, 5.41) is 9.87. The molecule has 1 amide bonds. The Morgan fingerprint density at radius 2 is 2.06 bits per heavy atom. The molecule has 0 unspecified atom stereocenters. The lowest BCUT2D eigenvalue weighted by Crippen LogP contribution is -2.65. The number of aliphatic hydroxyl groups is 1. The second-order valence-electron chi connectivity index (χ2n) is 5.07. The van der Waals surface area contributed by atoms with Gasteiger partial charge in [-0.1, -0.05) is 37.3 Å². The molecule has 1 aliphatic rings. The molecule has 1 aromatic carbocycles. The molecule has 0 aromatic heterocycles. The van der Waals surface area contributed by atoms with Gasteiger partial charge in [0.1, 0.15) is 0 Å². The molecule has 0 bridgehead atoms. The third kappa shape index (κ3) is 2.71. The molecule has 0 spiro atoms. The largest absolute Gasteiger partial charge is 0.386 e. The molecule has 1 atom stereocenters. The minimum atomic E-state index is -0.692. The minimum absolute atomic E-state index is 0.0722. The standard InChI is InChI=1S/C14H20N2O2/c1-2-14(18)9-16(10-14)13(17)12(15)8-11-6-4-3-5-7-11/h3-7,12,18H,2,8-10,15H2,1H3/t12-/m1/s1. The molecule has 4 heteroatoms. The van der Waals surface area contributed by atoms with Crippen LogP contribution in [0.1, 0.15) is 18.9 Å². The summed E-state index contributed by atoms with van der Waals surface area (Å²) in [7, 11) is 0. The summed E-state index contributed by atoms with van der Waals surface area (Å²) >= 11 is 0. The van der Waals surface area contributed by atoms with Crippen LogP contribution < -0.4 is 5.73 Å². The Morgan fingerprint density at radius 1 is 1.44 bits per heavy atom. The van der Waals surface area contributed by atoms with Gasteiger partial charge in [-0.05, 0) is 18.4 Å². The van der Waals surface area contributed by atoms with Crippen LogP contribution in [0.15, 0.2) is 30.3 Å². The quantitative estimate of drug-likeness (QED) is 0.817. The highest BCUT2D eigenvalue weighted by atomic mass is 16.3. The van der Waals surface area contributed by atoms with E-state index in [2.05, 4.69) is 0 Å². The molecule has 1 aliphatic heterocycles. The van der Waals surface area contributed by atoms with Crippen LogP contribution in [0.5, 0.6) is 0 Å². The van der Waals surface area contributed by atoms with Crippen molar-refractivity contribution in [2.75, 3.05) is 13.1 Å². The van der Waals surface area contributed by atoms with Crippen LogP contribution in [0.25, 0.3) is 0 Å². The molecule has 1 saturated heterocycles. The van der Waals surface area contributed by atoms with Gasteiger partial charge in [0.2, 0.25) is 5.91 Å². The van der Waals surface area contributed by atoms with Gasteiger partial charge in [0, 0.05) is 0 Å². The van der Waals surface area contributed by atoms with Crippen LogP contribution in [0.3, 0.4) is 0 Å². The summed E-state index contributed by atoms with van der Waals surface area (Å²) < 4.78 is 0. The van der Waals surface area contributed by atoms with Gasteiger partial charge in [-0.25, -0.2) is 0 Å². The number of hydrogen-bond donors (Lipinski definition) is 2. The Kier molecular flexibility index (Phi) is 3.68. The van der Waals surface area contributed by atoms with Crippen molar-refractivity contribution in [1.29, 1.82) is 0 Å². The zero-order valence-corrected chi connectivity index (χ0v) is 10.7. The molecule has 18 heavy (non-hydrogen) atoms. The third-order valence-corrected chi connectivity index (χ3v) is 3.56. The molecule has 0 saturated carbocycles. The average Bonchev–Trinajstić information content (AvgIpc) is 2.35. The van der Waals surface area contributed by atoms with Crippen molar-refractivity contribution in [2.24, 2.45) is 5.73 Å². The van der Waals surface area contributed by atoms with Gasteiger partial charge >= 0.3 is 0 Å². The molecule has 4 nitrogen and oxygen atoms in total. The summed E-state index contributed by atoms with van der Waals surface area (Å²) in [5.41, 5.74) is 6.28. The fraction of sp³-hybridized carbons (Fsp3) is 0.500. The van der Waals surface area contributed by atoms with E-state index in [0.717, 1.165) is 5.56 Å². The van der Waals surface area contributed by atoms with E-state index in [1.807, 2.05) is 37.3 Å². The van der Waals surface area contributed by atoms with Gasteiger partial charge in [-0.15, -0.1) is 0 Å². The fourth-order valence-electron chi connectivity index (χ4n) is 2.23. The summed E-state index contributed by atoms with van der Waals surface area (Å²) in [5.74, 6) is -0.0722. The van der Waals surface area contributed by atoms with Gasteiger partial charge in [0.15, 0.2) is 0 Å². The Hall–Kier alpha value is -1.39. The molecular formula is C14H20N2O2. The van der Waals surface area contributed by atoms with Crippen molar-refractivity contribution in [3.63, 3.8) is 0 Å². The number of carbonyl (C=O) groups is 1. The first-order chi connectivity index (χ1) is 8.54. The maximum atomic E-state index is 12.0. The first-order valence-electron chi connectivity index (χ1n) is 6.35. The van der Waals surface area contributed by atoms with E-state index >= 15 is 0 Å². The molecule has 0 radical (unpaired) electrons. The Morgan fingerprint density at radius 3 is 2.61 bits per heavy atom. The van der Waals surface area contributed by atoms with Crippen LogP contribution in [-0.4, -0.2) is 40.6 Å². The SMILES string of the molecule is CCC1(O)CN(C(=O)[C@H](N)Cc2ccccc2)C1. The van der Waals surface area contributed by atoms with Crippen molar-refractivity contribution >= 4 is 5.91 Å². The van der Waals surface area contributed by atoms with Crippen LogP contribution in [0.2, 0.25) is 0 Å². The molecule has 1 fully saturated rings. The van der Waals surface area contributed by atoms with E-state index in [-0.39, 0.29) is 5.91 Å². The van der Waals surface area contributed by atoms with Crippen molar-refractivity contribution in [3.05, 3.63) is 35.9 Å². The lowest BCUT2D eigenvalue weighted by molar-refractivity contribution is -0.157. The van der Waals surface area contributed by atoms with Crippen LogP contribution >= 0.6 is 0 Å². The zero-order chi connectivity index (χ0) is 13.2. The topological polar surface area (TPSA) is 66.6 Å². The summed E-state index contributed by atoms with van der Waals surface area (Å²) in [6.07, 6.45) is 1.21. The van der Waals surface area contributed by atoms with E-state index in [4.69, 9.17) is 5.73 Å². The Balaban J connectivity index is 1.87. The first-order valence-corrected chi connectivity index (χ1v) is 6.35. The number of benzene rings is 1. The average molecular weight is 248 g/mol. The predicted octanol–water partition coefficient (Wildman–Crippen LogP) is 0.540. The number of rotatable bonds is 4. The number of amides is 1. The molecular weight excluding hydrogens is 228 g/mol. The zero-order valence-electron chi connectivity index (χ0n) is 10.7. The monoisotopic (exact) mass is 248 g/mol. The maximum absolute atomic E-state index is 12.0. The van der Waals surface area contributed by atoms with Gasteiger partial charge < -0.3 is 15.7 Å². The molecule has 1 heterocycles. The molecule has 2 rings (SSSR count). The van der Waals surface area contributed by atoms with E-state index in [0.29, 0.717) is 25.9 Å². The maximum Gasteiger partial charge on any atom is 0.240 e. The minimum Gasteiger partial charge on any atom is -0.386 e.